The Balaban J connectivity index is 2.17. The molecule has 0 aromatic carbocycles. The molecular formula is C12H12I2. The van der Waals surface area contributed by atoms with Gasteiger partial charge in [0.05, 0.1) is 0 Å². The standard InChI is InChI=1S/C12H12I2/c13-11-5-1-9(2-6-11)10-3-7-12(14)8-4-10/h1,3,5,7H,2,4,6,8H2. The minimum atomic E-state index is 1.23. The highest BCUT2D eigenvalue weighted by Gasteiger charge is 2.11. The van der Waals surface area contributed by atoms with Crippen molar-refractivity contribution in [2.24, 2.45) is 0 Å². The van der Waals surface area contributed by atoms with E-state index in [1.807, 2.05) is 0 Å². The van der Waals surface area contributed by atoms with Gasteiger partial charge in [-0.1, -0.05) is 24.3 Å². The van der Waals surface area contributed by atoms with E-state index in [4.69, 9.17) is 0 Å². The molecule has 0 N–H and O–H groups in total. The van der Waals surface area contributed by atoms with Gasteiger partial charge in [-0.2, -0.15) is 0 Å². The van der Waals surface area contributed by atoms with Gasteiger partial charge in [-0.05, 0) is 89.2 Å². The summed E-state index contributed by atoms with van der Waals surface area (Å²) in [4.78, 5) is 0. The average Bonchev–Trinajstić information content (AvgIpc) is 2.21. The van der Waals surface area contributed by atoms with Crippen molar-refractivity contribution in [3.05, 3.63) is 42.6 Å². The molecule has 0 bridgehead atoms. The summed E-state index contributed by atoms with van der Waals surface area (Å²) in [5, 5.41) is 0. The lowest BCUT2D eigenvalue weighted by Crippen LogP contribution is -1.97. The Morgan fingerprint density at radius 1 is 0.643 bits per heavy atom. The Hall–Kier alpha value is 0.420. The lowest BCUT2D eigenvalue weighted by Gasteiger charge is -2.17. The molecule has 0 nitrogen and oxygen atoms in total. The van der Waals surface area contributed by atoms with E-state index in [9.17, 15) is 0 Å². The van der Waals surface area contributed by atoms with Gasteiger partial charge in [-0.15, -0.1) is 0 Å². The molecule has 2 aliphatic carbocycles. The third-order valence-corrected chi connectivity index (χ3v) is 4.41. The highest BCUT2D eigenvalue weighted by molar-refractivity contribution is 14.1. The van der Waals surface area contributed by atoms with Gasteiger partial charge < -0.3 is 0 Å². The summed E-state index contributed by atoms with van der Waals surface area (Å²) in [6.07, 6.45) is 14.0. The predicted octanol–water partition coefficient (Wildman–Crippen LogP) is 5.06. The molecule has 0 unspecified atom stereocenters. The Labute approximate surface area is 113 Å². The van der Waals surface area contributed by atoms with Crippen LogP contribution in [0, 0.1) is 0 Å². The molecule has 2 rings (SSSR count). The summed E-state index contributed by atoms with van der Waals surface area (Å²) in [6.45, 7) is 0. The molecular weight excluding hydrogens is 398 g/mol. The maximum atomic E-state index is 2.42. The zero-order chi connectivity index (χ0) is 9.97. The Morgan fingerprint density at radius 3 is 1.36 bits per heavy atom. The summed E-state index contributed by atoms with van der Waals surface area (Å²) in [5.74, 6) is 0. The first-order chi connectivity index (χ1) is 6.75. The van der Waals surface area contributed by atoms with Crippen LogP contribution in [0.3, 0.4) is 0 Å². The second-order valence-corrected chi connectivity index (χ2v) is 6.38. The van der Waals surface area contributed by atoms with Crippen LogP contribution < -0.4 is 0 Å². The lowest BCUT2D eigenvalue weighted by molar-refractivity contribution is 0.893. The van der Waals surface area contributed by atoms with Crippen molar-refractivity contribution in [2.45, 2.75) is 25.7 Å². The third-order valence-electron chi connectivity index (χ3n) is 2.61. The smallest absolute Gasteiger partial charge is 0.00907 e. The van der Waals surface area contributed by atoms with Gasteiger partial charge in [0.15, 0.2) is 0 Å². The van der Waals surface area contributed by atoms with Crippen LogP contribution in [0.5, 0.6) is 0 Å². The van der Waals surface area contributed by atoms with Crippen molar-refractivity contribution in [3.8, 4) is 0 Å². The van der Waals surface area contributed by atoms with E-state index in [2.05, 4.69) is 69.5 Å². The molecule has 0 aromatic heterocycles. The Kier molecular flexibility index (Phi) is 3.87. The van der Waals surface area contributed by atoms with Crippen LogP contribution >= 0.6 is 45.2 Å². The normalized spacial score (nSPS) is 22.1. The first-order valence-electron chi connectivity index (χ1n) is 4.86. The quantitative estimate of drug-likeness (QED) is 0.530. The van der Waals surface area contributed by atoms with Gasteiger partial charge in [-0.3, -0.25) is 0 Å². The molecule has 0 aliphatic heterocycles. The molecule has 0 saturated heterocycles. The zero-order valence-corrected chi connectivity index (χ0v) is 12.2. The van der Waals surface area contributed by atoms with E-state index in [0.29, 0.717) is 0 Å². The molecule has 0 atom stereocenters. The summed E-state index contributed by atoms with van der Waals surface area (Å²) in [7, 11) is 0. The zero-order valence-electron chi connectivity index (χ0n) is 7.89. The second kappa shape index (κ2) is 4.96. The lowest BCUT2D eigenvalue weighted by atomic mass is 9.92. The highest BCUT2D eigenvalue weighted by atomic mass is 127. The van der Waals surface area contributed by atoms with Gasteiger partial charge in [0.1, 0.15) is 0 Å². The first-order valence-corrected chi connectivity index (χ1v) is 7.02. The van der Waals surface area contributed by atoms with Crippen molar-refractivity contribution in [1.82, 2.24) is 0 Å². The van der Waals surface area contributed by atoms with Crippen LogP contribution in [-0.4, -0.2) is 0 Å². The fourth-order valence-corrected chi connectivity index (χ4v) is 2.66. The Bertz CT molecular complexity index is 321. The molecule has 2 aliphatic rings. The van der Waals surface area contributed by atoms with Crippen molar-refractivity contribution >= 4 is 45.2 Å². The van der Waals surface area contributed by atoms with Crippen LogP contribution in [0.25, 0.3) is 0 Å². The van der Waals surface area contributed by atoms with E-state index in [-0.39, 0.29) is 0 Å². The van der Waals surface area contributed by atoms with Crippen molar-refractivity contribution in [3.63, 3.8) is 0 Å². The minimum absolute atomic E-state index is 1.23. The summed E-state index contributed by atoms with van der Waals surface area (Å²) >= 11 is 4.85. The minimum Gasteiger partial charge on any atom is -0.0580 e. The van der Waals surface area contributed by atoms with E-state index in [1.165, 1.54) is 32.8 Å². The van der Waals surface area contributed by atoms with Gasteiger partial charge in [-0.25, -0.2) is 0 Å². The average molecular weight is 410 g/mol. The van der Waals surface area contributed by atoms with E-state index < -0.39 is 0 Å². The largest absolute Gasteiger partial charge is 0.0580 e. The van der Waals surface area contributed by atoms with Crippen LogP contribution in [0.1, 0.15) is 25.7 Å². The van der Waals surface area contributed by atoms with Crippen LogP contribution in [0.2, 0.25) is 0 Å². The monoisotopic (exact) mass is 410 g/mol. The molecule has 14 heavy (non-hydrogen) atoms. The molecule has 0 spiro atoms. The number of halogens is 2. The molecule has 0 fully saturated rings. The maximum absolute atomic E-state index is 2.42. The van der Waals surface area contributed by atoms with Crippen molar-refractivity contribution < 1.29 is 0 Å². The maximum Gasteiger partial charge on any atom is -0.00907 e. The van der Waals surface area contributed by atoms with Crippen LogP contribution in [-0.2, 0) is 0 Å². The van der Waals surface area contributed by atoms with Gasteiger partial charge in [0, 0.05) is 0 Å². The topological polar surface area (TPSA) is 0 Å². The van der Waals surface area contributed by atoms with Gasteiger partial charge >= 0.3 is 0 Å². The number of allylic oxidation sites excluding steroid dienone is 8. The fourth-order valence-electron chi connectivity index (χ4n) is 1.76. The SMILES string of the molecule is IC1=CC=C(C2=CC=C(I)CC2)CC1. The molecule has 0 amide bonds. The van der Waals surface area contributed by atoms with Crippen molar-refractivity contribution in [1.29, 1.82) is 0 Å². The fraction of sp³-hybridized carbons (Fsp3) is 0.333. The van der Waals surface area contributed by atoms with E-state index in [0.717, 1.165) is 0 Å². The summed E-state index contributed by atoms with van der Waals surface area (Å²) in [6, 6.07) is 0. The molecule has 74 valence electrons. The molecule has 0 aromatic rings. The molecule has 0 radical (unpaired) electrons. The summed E-state index contributed by atoms with van der Waals surface area (Å²) in [5.41, 5.74) is 3.09. The first kappa shape index (κ1) is 10.9. The van der Waals surface area contributed by atoms with E-state index >= 15 is 0 Å². The van der Waals surface area contributed by atoms with Gasteiger partial charge in [0.2, 0.25) is 0 Å². The number of rotatable bonds is 1. The number of hydrogen-bond acceptors (Lipinski definition) is 0. The Morgan fingerprint density at radius 2 is 1.07 bits per heavy atom. The van der Waals surface area contributed by atoms with Crippen LogP contribution in [0.4, 0.5) is 0 Å². The van der Waals surface area contributed by atoms with Crippen LogP contribution in [0.15, 0.2) is 42.6 Å². The van der Waals surface area contributed by atoms with Crippen molar-refractivity contribution in [2.75, 3.05) is 0 Å². The summed E-state index contributed by atoms with van der Waals surface area (Å²) < 4.78 is 2.96. The number of hydrogen-bond donors (Lipinski definition) is 0. The highest BCUT2D eigenvalue weighted by Crippen LogP contribution is 2.33. The molecule has 0 heterocycles. The molecule has 0 saturated carbocycles. The molecule has 2 heteroatoms. The van der Waals surface area contributed by atoms with E-state index in [1.54, 1.807) is 11.1 Å². The van der Waals surface area contributed by atoms with Gasteiger partial charge in [0.25, 0.3) is 0 Å². The third kappa shape index (κ3) is 2.72. The predicted molar refractivity (Wildman–Crippen MR) is 78.8 cm³/mol. The second-order valence-electron chi connectivity index (χ2n) is 3.61.